The second kappa shape index (κ2) is 8.00. The van der Waals surface area contributed by atoms with Crippen molar-refractivity contribution in [1.82, 2.24) is 0 Å². The van der Waals surface area contributed by atoms with Gasteiger partial charge in [0.05, 0.1) is 37.2 Å². The number of fused-ring (bicyclic) bond motifs is 1. The summed E-state index contributed by atoms with van der Waals surface area (Å²) in [6.45, 7) is 0.424. The van der Waals surface area contributed by atoms with Gasteiger partial charge in [-0.05, 0) is 24.5 Å². The van der Waals surface area contributed by atoms with Gasteiger partial charge in [-0.25, -0.2) is 8.78 Å². The van der Waals surface area contributed by atoms with E-state index in [1.54, 1.807) is 11.0 Å². The second-order valence-electron chi connectivity index (χ2n) is 6.16. The van der Waals surface area contributed by atoms with Crippen LogP contribution in [0.4, 0.5) is 20.2 Å². The second-order valence-corrected chi connectivity index (χ2v) is 6.56. The molecule has 1 heterocycles. The Labute approximate surface area is 160 Å². The number of aryl methyl sites for hydroxylation is 1. The molecule has 1 aliphatic rings. The van der Waals surface area contributed by atoms with Crippen LogP contribution in [0, 0.1) is 11.6 Å². The van der Waals surface area contributed by atoms with Crippen LogP contribution in [0.2, 0.25) is 5.02 Å². The van der Waals surface area contributed by atoms with Crippen molar-refractivity contribution in [2.75, 3.05) is 37.5 Å². The highest BCUT2D eigenvalue weighted by Gasteiger charge is 2.24. The standard InChI is InChI=1S/C19H19ClF2N2O3/c1-26-16-9-15(17(27-2)8-13(16)20)23-18(25)10-24-5-3-4-11-6-12(21)7-14(22)19(11)24/h6-9H,3-5,10H2,1-2H3,(H,23,25). The Morgan fingerprint density at radius 3 is 2.63 bits per heavy atom. The summed E-state index contributed by atoms with van der Waals surface area (Å²) in [6, 6.07) is 5.24. The molecule has 1 N–H and O–H groups in total. The number of nitrogens with one attached hydrogen (secondary N) is 1. The molecule has 0 spiro atoms. The summed E-state index contributed by atoms with van der Waals surface area (Å²) in [5.41, 5.74) is 1.23. The van der Waals surface area contributed by atoms with Gasteiger partial charge in [0, 0.05) is 24.7 Å². The average molecular weight is 397 g/mol. The van der Waals surface area contributed by atoms with E-state index in [0.717, 1.165) is 6.07 Å². The smallest absolute Gasteiger partial charge is 0.243 e. The lowest BCUT2D eigenvalue weighted by molar-refractivity contribution is -0.115. The molecule has 5 nitrogen and oxygen atoms in total. The van der Waals surface area contributed by atoms with Crippen molar-refractivity contribution in [3.63, 3.8) is 0 Å². The van der Waals surface area contributed by atoms with E-state index in [-0.39, 0.29) is 18.1 Å². The number of methoxy groups -OCH3 is 2. The van der Waals surface area contributed by atoms with E-state index in [1.165, 1.54) is 26.4 Å². The molecule has 0 radical (unpaired) electrons. The normalized spacial score (nSPS) is 13.1. The van der Waals surface area contributed by atoms with Gasteiger partial charge >= 0.3 is 0 Å². The Morgan fingerprint density at radius 2 is 1.93 bits per heavy atom. The van der Waals surface area contributed by atoms with Gasteiger partial charge in [0.2, 0.25) is 5.91 Å². The lowest BCUT2D eigenvalue weighted by Gasteiger charge is -2.31. The Balaban J connectivity index is 1.80. The molecule has 0 saturated heterocycles. The maximum atomic E-state index is 14.3. The van der Waals surface area contributed by atoms with Crippen molar-refractivity contribution >= 4 is 28.9 Å². The molecule has 0 aliphatic carbocycles. The van der Waals surface area contributed by atoms with Gasteiger partial charge in [0.1, 0.15) is 23.1 Å². The summed E-state index contributed by atoms with van der Waals surface area (Å²) >= 11 is 6.06. The number of amides is 1. The zero-order valence-electron chi connectivity index (χ0n) is 14.9. The first-order valence-electron chi connectivity index (χ1n) is 8.37. The van der Waals surface area contributed by atoms with E-state index < -0.39 is 11.6 Å². The highest BCUT2D eigenvalue weighted by atomic mass is 35.5. The van der Waals surface area contributed by atoms with E-state index in [1.807, 2.05) is 0 Å². The van der Waals surface area contributed by atoms with Crippen LogP contribution in [-0.4, -0.2) is 33.2 Å². The molecular weight excluding hydrogens is 378 g/mol. The molecule has 3 rings (SSSR count). The van der Waals surface area contributed by atoms with E-state index >= 15 is 0 Å². The molecule has 27 heavy (non-hydrogen) atoms. The number of carbonyl (C=O) groups is 1. The molecule has 0 fully saturated rings. The molecule has 0 bridgehead atoms. The number of hydrogen-bond acceptors (Lipinski definition) is 4. The quantitative estimate of drug-likeness (QED) is 0.829. The van der Waals surface area contributed by atoms with Crippen LogP contribution < -0.4 is 19.7 Å². The van der Waals surface area contributed by atoms with E-state index in [0.29, 0.717) is 47.2 Å². The van der Waals surface area contributed by atoms with E-state index in [4.69, 9.17) is 21.1 Å². The van der Waals surface area contributed by atoms with Crippen LogP contribution in [0.5, 0.6) is 11.5 Å². The SMILES string of the molecule is COc1cc(NC(=O)CN2CCCc3cc(F)cc(F)c32)c(OC)cc1Cl. The predicted molar refractivity (Wildman–Crippen MR) is 100 cm³/mol. The fraction of sp³-hybridized carbons (Fsp3) is 0.316. The number of benzene rings is 2. The first-order chi connectivity index (χ1) is 12.9. The molecule has 144 valence electrons. The third-order valence-electron chi connectivity index (χ3n) is 4.38. The largest absolute Gasteiger partial charge is 0.495 e. The first kappa shape index (κ1) is 19.2. The molecule has 0 saturated carbocycles. The number of ether oxygens (including phenoxy) is 2. The van der Waals surface area contributed by atoms with Gasteiger partial charge in [-0.15, -0.1) is 0 Å². The van der Waals surface area contributed by atoms with Gasteiger partial charge in [0.25, 0.3) is 0 Å². The van der Waals surface area contributed by atoms with Crippen molar-refractivity contribution in [1.29, 1.82) is 0 Å². The van der Waals surface area contributed by atoms with Crippen molar-refractivity contribution in [2.45, 2.75) is 12.8 Å². The van der Waals surface area contributed by atoms with Crippen LogP contribution in [0.3, 0.4) is 0 Å². The van der Waals surface area contributed by atoms with Crippen molar-refractivity contribution < 1.29 is 23.0 Å². The number of rotatable bonds is 5. The molecule has 8 heteroatoms. The maximum absolute atomic E-state index is 14.3. The Kier molecular flexibility index (Phi) is 5.70. The zero-order chi connectivity index (χ0) is 19.6. The molecule has 2 aromatic rings. The van der Waals surface area contributed by atoms with Crippen LogP contribution in [-0.2, 0) is 11.2 Å². The Bertz CT molecular complexity index is 877. The summed E-state index contributed by atoms with van der Waals surface area (Å²) in [6.07, 6.45) is 1.28. The van der Waals surface area contributed by atoms with Crippen LogP contribution in [0.25, 0.3) is 0 Å². The monoisotopic (exact) mass is 396 g/mol. The van der Waals surface area contributed by atoms with Crippen LogP contribution in [0.15, 0.2) is 24.3 Å². The fourth-order valence-electron chi connectivity index (χ4n) is 3.22. The third-order valence-corrected chi connectivity index (χ3v) is 4.68. The highest BCUT2D eigenvalue weighted by Crippen LogP contribution is 2.36. The minimum Gasteiger partial charge on any atom is -0.495 e. The van der Waals surface area contributed by atoms with Gasteiger partial charge in [-0.3, -0.25) is 4.79 Å². The van der Waals surface area contributed by atoms with Crippen LogP contribution in [0.1, 0.15) is 12.0 Å². The minimum absolute atomic E-state index is 0.0797. The lowest BCUT2D eigenvalue weighted by Crippen LogP contribution is -2.37. The maximum Gasteiger partial charge on any atom is 0.243 e. The predicted octanol–water partition coefficient (Wildman–Crippen LogP) is 4.03. The topological polar surface area (TPSA) is 50.8 Å². The summed E-state index contributed by atoms with van der Waals surface area (Å²) in [4.78, 5) is 14.2. The molecule has 0 aromatic heterocycles. The number of anilines is 2. The Hall–Kier alpha value is -2.54. The Morgan fingerprint density at radius 1 is 1.19 bits per heavy atom. The van der Waals surface area contributed by atoms with E-state index in [9.17, 15) is 13.6 Å². The lowest BCUT2D eigenvalue weighted by atomic mass is 10.0. The van der Waals surface area contributed by atoms with Gasteiger partial charge in [0.15, 0.2) is 0 Å². The summed E-state index contributed by atoms with van der Waals surface area (Å²) < 4.78 is 38.1. The van der Waals surface area contributed by atoms with Gasteiger partial charge in [-0.1, -0.05) is 11.6 Å². The van der Waals surface area contributed by atoms with Crippen molar-refractivity contribution in [3.8, 4) is 11.5 Å². The molecule has 0 atom stereocenters. The molecular formula is C19H19ClF2N2O3. The van der Waals surface area contributed by atoms with Crippen molar-refractivity contribution in [3.05, 3.63) is 46.5 Å². The zero-order valence-corrected chi connectivity index (χ0v) is 15.7. The number of hydrogen-bond donors (Lipinski definition) is 1. The summed E-state index contributed by atoms with van der Waals surface area (Å²) in [5, 5.41) is 3.08. The molecule has 0 unspecified atom stereocenters. The third kappa shape index (κ3) is 4.08. The van der Waals surface area contributed by atoms with Crippen molar-refractivity contribution in [2.24, 2.45) is 0 Å². The van der Waals surface area contributed by atoms with E-state index in [2.05, 4.69) is 5.32 Å². The summed E-state index contributed by atoms with van der Waals surface area (Å²) in [7, 11) is 2.92. The average Bonchev–Trinajstić information content (AvgIpc) is 2.62. The van der Waals surface area contributed by atoms with Crippen LogP contribution >= 0.6 is 11.6 Å². The highest BCUT2D eigenvalue weighted by molar-refractivity contribution is 6.32. The minimum atomic E-state index is -0.664. The number of nitrogens with zero attached hydrogens (tertiary/aromatic N) is 1. The molecule has 2 aromatic carbocycles. The number of carbonyl (C=O) groups excluding carboxylic acids is 1. The first-order valence-corrected chi connectivity index (χ1v) is 8.75. The number of halogens is 3. The van der Waals surface area contributed by atoms with Gasteiger partial charge < -0.3 is 19.7 Å². The van der Waals surface area contributed by atoms with Gasteiger partial charge in [-0.2, -0.15) is 0 Å². The fourth-order valence-corrected chi connectivity index (χ4v) is 3.45. The summed E-state index contributed by atoms with van der Waals surface area (Å²) in [5.74, 6) is -0.882. The molecule has 1 aliphatic heterocycles. The molecule has 1 amide bonds.